The van der Waals surface area contributed by atoms with Gasteiger partial charge in [0.1, 0.15) is 6.04 Å². The van der Waals surface area contributed by atoms with Crippen LogP contribution in [0, 0.1) is 0 Å². The Hall–Kier alpha value is -2.13. The van der Waals surface area contributed by atoms with Gasteiger partial charge in [-0.05, 0) is 31.9 Å². The summed E-state index contributed by atoms with van der Waals surface area (Å²) in [6.07, 6.45) is 1.03. The lowest BCUT2D eigenvalue weighted by Gasteiger charge is -2.33. The molecule has 1 atom stereocenters. The number of nitrogens with two attached hydrogens (primary N) is 1. The molecule has 1 aromatic carbocycles. The second-order valence-corrected chi connectivity index (χ2v) is 7.48. The van der Waals surface area contributed by atoms with Gasteiger partial charge in [-0.3, -0.25) is 4.79 Å². The van der Waals surface area contributed by atoms with E-state index in [0.29, 0.717) is 25.9 Å². The number of carbonyl (C=O) groups is 2. The number of primary amides is 1. The highest BCUT2D eigenvalue weighted by Gasteiger charge is 2.28. The zero-order valence-electron chi connectivity index (χ0n) is 13.4. The van der Waals surface area contributed by atoms with Crippen LogP contribution in [-0.2, 0) is 14.8 Å². The molecule has 0 saturated carbocycles. The van der Waals surface area contributed by atoms with Gasteiger partial charge in [0, 0.05) is 19.1 Å². The Kier molecular flexibility index (Phi) is 5.79. The molecule has 1 saturated heterocycles. The molecule has 1 heterocycles. The summed E-state index contributed by atoms with van der Waals surface area (Å²) < 4.78 is 27.3. The zero-order valence-corrected chi connectivity index (χ0v) is 14.3. The number of urea groups is 1. The molecular weight excluding hydrogens is 332 g/mol. The molecule has 1 aliphatic heterocycles. The van der Waals surface area contributed by atoms with Crippen molar-refractivity contribution in [3.63, 3.8) is 0 Å². The number of hydrogen-bond acceptors (Lipinski definition) is 4. The smallest absolute Gasteiger partial charge is 0.312 e. The average Bonchev–Trinajstić information content (AvgIpc) is 2.55. The topological polar surface area (TPSA) is 122 Å². The molecule has 9 heteroatoms. The van der Waals surface area contributed by atoms with Crippen LogP contribution in [0.15, 0.2) is 35.2 Å². The summed E-state index contributed by atoms with van der Waals surface area (Å²) >= 11 is 0. The molecule has 1 fully saturated rings. The second kappa shape index (κ2) is 7.63. The number of nitrogens with zero attached hydrogens (tertiary/aromatic N) is 1. The summed E-state index contributed by atoms with van der Waals surface area (Å²) in [7, 11) is -3.56. The van der Waals surface area contributed by atoms with Crippen LogP contribution in [0.2, 0.25) is 0 Å². The predicted octanol–water partition coefficient (Wildman–Crippen LogP) is 0.0127. The van der Waals surface area contributed by atoms with Crippen molar-refractivity contribution in [1.29, 1.82) is 0 Å². The van der Waals surface area contributed by atoms with Gasteiger partial charge in [-0.2, -0.15) is 0 Å². The highest BCUT2D eigenvalue weighted by molar-refractivity contribution is 7.89. The van der Waals surface area contributed by atoms with Gasteiger partial charge in [0.15, 0.2) is 0 Å². The fraction of sp³-hybridized carbons (Fsp3) is 0.467. The van der Waals surface area contributed by atoms with Gasteiger partial charge in [0.2, 0.25) is 15.9 Å². The van der Waals surface area contributed by atoms with Crippen molar-refractivity contribution in [2.24, 2.45) is 5.73 Å². The number of sulfonamides is 1. The molecule has 0 aromatic heterocycles. The van der Waals surface area contributed by atoms with Crippen LogP contribution in [0.3, 0.4) is 0 Å². The molecule has 4 N–H and O–H groups in total. The van der Waals surface area contributed by atoms with Crippen molar-refractivity contribution in [3.05, 3.63) is 30.3 Å². The summed E-state index contributed by atoms with van der Waals surface area (Å²) in [6, 6.07) is 6.51. The quantitative estimate of drug-likeness (QED) is 0.689. The summed E-state index contributed by atoms with van der Waals surface area (Å²) in [5.74, 6) is -0.224. The molecule has 0 radical (unpaired) electrons. The normalized spacial score (nSPS) is 17.3. The monoisotopic (exact) mass is 354 g/mol. The molecule has 0 bridgehead atoms. The van der Waals surface area contributed by atoms with E-state index in [1.165, 1.54) is 12.1 Å². The SMILES string of the molecule is C[C@H](NC(N)=O)C(=O)N1CCC(NS(=O)(=O)c2ccccc2)CC1. The first-order valence-corrected chi connectivity index (χ1v) is 9.20. The molecule has 132 valence electrons. The highest BCUT2D eigenvalue weighted by atomic mass is 32.2. The third-order valence-electron chi connectivity index (χ3n) is 3.91. The van der Waals surface area contributed by atoms with Gasteiger partial charge in [-0.25, -0.2) is 17.9 Å². The van der Waals surface area contributed by atoms with Crippen LogP contribution >= 0.6 is 0 Å². The van der Waals surface area contributed by atoms with Crippen molar-refractivity contribution < 1.29 is 18.0 Å². The minimum atomic E-state index is -3.56. The molecule has 24 heavy (non-hydrogen) atoms. The van der Waals surface area contributed by atoms with Crippen LogP contribution in [0.5, 0.6) is 0 Å². The Bertz CT molecular complexity index is 685. The maximum absolute atomic E-state index is 12.3. The van der Waals surface area contributed by atoms with E-state index in [2.05, 4.69) is 10.0 Å². The Labute approximate surface area is 141 Å². The van der Waals surface area contributed by atoms with Crippen LogP contribution in [-0.4, -0.2) is 50.4 Å². The molecule has 1 aliphatic rings. The van der Waals surface area contributed by atoms with E-state index in [9.17, 15) is 18.0 Å². The van der Waals surface area contributed by atoms with Gasteiger partial charge < -0.3 is 16.0 Å². The first-order valence-electron chi connectivity index (χ1n) is 7.72. The van der Waals surface area contributed by atoms with E-state index in [1.807, 2.05) is 0 Å². The standard InChI is InChI=1S/C15H22N4O4S/c1-11(17-15(16)21)14(20)19-9-7-12(8-10-19)18-24(22,23)13-5-3-2-4-6-13/h2-6,11-12,18H,7-10H2,1H3,(H3,16,17,21)/t11-/m0/s1. The van der Waals surface area contributed by atoms with E-state index < -0.39 is 22.1 Å². The largest absolute Gasteiger partial charge is 0.352 e. The van der Waals surface area contributed by atoms with Crippen LogP contribution in [0.25, 0.3) is 0 Å². The molecule has 0 spiro atoms. The Balaban J connectivity index is 1.89. The lowest BCUT2D eigenvalue weighted by Crippen LogP contribution is -2.52. The van der Waals surface area contributed by atoms with E-state index in [-0.39, 0.29) is 16.8 Å². The fourth-order valence-corrected chi connectivity index (χ4v) is 3.98. The Morgan fingerprint density at radius 3 is 2.33 bits per heavy atom. The van der Waals surface area contributed by atoms with E-state index in [0.717, 1.165) is 0 Å². The first-order chi connectivity index (χ1) is 11.3. The highest BCUT2D eigenvalue weighted by Crippen LogP contribution is 2.15. The van der Waals surface area contributed by atoms with E-state index in [1.54, 1.807) is 30.0 Å². The van der Waals surface area contributed by atoms with Crippen LogP contribution in [0.4, 0.5) is 4.79 Å². The number of benzene rings is 1. The van der Waals surface area contributed by atoms with Crippen molar-refractivity contribution in [2.75, 3.05) is 13.1 Å². The first kappa shape index (κ1) is 18.2. The van der Waals surface area contributed by atoms with Crippen molar-refractivity contribution in [2.45, 2.75) is 36.7 Å². The van der Waals surface area contributed by atoms with Gasteiger partial charge in [-0.1, -0.05) is 18.2 Å². The average molecular weight is 354 g/mol. The van der Waals surface area contributed by atoms with Gasteiger partial charge in [0.25, 0.3) is 0 Å². The number of rotatable bonds is 5. The maximum Gasteiger partial charge on any atom is 0.312 e. The van der Waals surface area contributed by atoms with Gasteiger partial charge in [-0.15, -0.1) is 0 Å². The maximum atomic E-state index is 12.3. The number of hydrogen-bond donors (Lipinski definition) is 3. The molecular formula is C15H22N4O4S. The van der Waals surface area contributed by atoms with Crippen molar-refractivity contribution in [1.82, 2.24) is 14.9 Å². The zero-order chi connectivity index (χ0) is 17.7. The number of carbonyl (C=O) groups excluding carboxylic acids is 2. The number of likely N-dealkylation sites (tertiary alicyclic amines) is 1. The van der Waals surface area contributed by atoms with Crippen molar-refractivity contribution in [3.8, 4) is 0 Å². The summed E-state index contributed by atoms with van der Waals surface area (Å²) in [5.41, 5.74) is 5.01. The fourth-order valence-electron chi connectivity index (χ4n) is 2.65. The Morgan fingerprint density at radius 1 is 1.21 bits per heavy atom. The van der Waals surface area contributed by atoms with Crippen LogP contribution in [0.1, 0.15) is 19.8 Å². The molecule has 3 amide bonds. The molecule has 8 nitrogen and oxygen atoms in total. The van der Waals surface area contributed by atoms with Gasteiger partial charge >= 0.3 is 6.03 Å². The lowest BCUT2D eigenvalue weighted by molar-refractivity contribution is -0.133. The summed E-state index contributed by atoms with van der Waals surface area (Å²) in [4.78, 5) is 24.8. The molecule has 2 rings (SSSR count). The Morgan fingerprint density at radius 2 is 1.79 bits per heavy atom. The number of piperidine rings is 1. The second-order valence-electron chi connectivity index (χ2n) is 5.76. The molecule has 0 unspecified atom stereocenters. The molecule has 1 aromatic rings. The predicted molar refractivity (Wildman–Crippen MR) is 88.5 cm³/mol. The minimum absolute atomic E-state index is 0.223. The number of nitrogens with one attached hydrogen (secondary N) is 2. The van der Waals surface area contributed by atoms with E-state index in [4.69, 9.17) is 5.73 Å². The summed E-state index contributed by atoms with van der Waals surface area (Å²) in [6.45, 7) is 2.41. The van der Waals surface area contributed by atoms with E-state index >= 15 is 0 Å². The lowest BCUT2D eigenvalue weighted by atomic mass is 10.1. The minimum Gasteiger partial charge on any atom is -0.352 e. The van der Waals surface area contributed by atoms with Gasteiger partial charge in [0.05, 0.1) is 4.90 Å². The van der Waals surface area contributed by atoms with Crippen molar-refractivity contribution >= 4 is 22.0 Å². The molecule has 0 aliphatic carbocycles. The summed E-state index contributed by atoms with van der Waals surface area (Å²) in [5, 5.41) is 2.35. The van der Waals surface area contributed by atoms with Crippen LogP contribution < -0.4 is 15.8 Å². The third kappa shape index (κ3) is 4.68. The third-order valence-corrected chi connectivity index (χ3v) is 5.45. The number of amides is 3.